The van der Waals surface area contributed by atoms with Crippen LogP contribution < -0.4 is 4.90 Å². The number of fused-ring (bicyclic) bond motifs is 2. The van der Waals surface area contributed by atoms with Crippen LogP contribution in [-0.2, 0) is 17.3 Å². The molecule has 0 spiro atoms. The van der Waals surface area contributed by atoms with Crippen LogP contribution in [0.2, 0.25) is 0 Å². The van der Waals surface area contributed by atoms with Gasteiger partial charge in [-0.1, -0.05) is 24.3 Å². The quantitative estimate of drug-likeness (QED) is 0.553. The number of amides is 2. The summed E-state index contributed by atoms with van der Waals surface area (Å²) in [5.74, 6) is -1.22. The molecule has 2 saturated heterocycles. The van der Waals surface area contributed by atoms with E-state index in [9.17, 15) is 22.2 Å². The number of rotatable bonds is 5. The lowest BCUT2D eigenvalue weighted by Crippen LogP contribution is -2.49. The molecule has 2 aliphatic rings. The van der Waals surface area contributed by atoms with Gasteiger partial charge in [0.2, 0.25) is 5.89 Å². The zero-order valence-corrected chi connectivity index (χ0v) is 18.1. The minimum atomic E-state index is -2.92. The smallest absolute Gasteiger partial charge is 0.325 e. The first-order chi connectivity index (χ1) is 15.9. The Hall–Kier alpha value is -3.21. The molecule has 33 heavy (non-hydrogen) atoms. The third-order valence-electron chi connectivity index (χ3n) is 5.90. The maximum Gasteiger partial charge on any atom is 0.325 e. The zero-order valence-electron chi connectivity index (χ0n) is 17.2. The van der Waals surface area contributed by atoms with Crippen molar-refractivity contribution in [1.29, 1.82) is 0 Å². The van der Waals surface area contributed by atoms with Crippen molar-refractivity contribution >= 4 is 22.5 Å². The van der Waals surface area contributed by atoms with Crippen molar-refractivity contribution < 1.29 is 26.6 Å². The minimum absolute atomic E-state index is 0.0138. The van der Waals surface area contributed by atoms with E-state index in [-0.39, 0.29) is 40.9 Å². The molecule has 1 aromatic heterocycles. The standard InChI is InChI=1S/C22H19F3N4O3S/c23-18-8-13(20-26-27-21(32-20)19(24)25)6-7-14(18)10-28(15-4-2-1-3-5-15)22(30)29-11-17-9-16(29)12-33(17)31/h1-8,16-17,19H,9-12H2. The molecule has 3 atom stereocenters. The summed E-state index contributed by atoms with van der Waals surface area (Å²) in [7, 11) is -0.909. The second-order valence-electron chi connectivity index (χ2n) is 7.97. The molecule has 2 aromatic carbocycles. The van der Waals surface area contributed by atoms with Gasteiger partial charge < -0.3 is 9.32 Å². The Morgan fingerprint density at radius 3 is 2.61 bits per heavy atom. The van der Waals surface area contributed by atoms with Gasteiger partial charge in [0, 0.05) is 46.0 Å². The number of halogens is 3. The number of hydrogen-bond donors (Lipinski definition) is 0. The molecular weight excluding hydrogens is 457 g/mol. The lowest BCUT2D eigenvalue weighted by atomic mass is 10.1. The van der Waals surface area contributed by atoms with Crippen molar-refractivity contribution in [2.24, 2.45) is 0 Å². The van der Waals surface area contributed by atoms with E-state index in [0.717, 1.165) is 12.5 Å². The number of anilines is 1. The van der Waals surface area contributed by atoms with Gasteiger partial charge in [-0.25, -0.2) is 9.18 Å². The predicted octanol–water partition coefficient (Wildman–Crippen LogP) is 4.15. The molecule has 2 aliphatic heterocycles. The molecule has 3 heterocycles. The van der Waals surface area contributed by atoms with Crippen molar-refractivity contribution in [3.05, 3.63) is 65.8 Å². The van der Waals surface area contributed by atoms with Crippen molar-refractivity contribution in [2.45, 2.75) is 30.7 Å². The van der Waals surface area contributed by atoms with Crippen molar-refractivity contribution in [3.8, 4) is 11.5 Å². The molecule has 0 N–H and O–H groups in total. The van der Waals surface area contributed by atoms with Crippen LogP contribution in [0.4, 0.5) is 23.7 Å². The Morgan fingerprint density at radius 1 is 1.21 bits per heavy atom. The average Bonchev–Trinajstić information content (AvgIpc) is 3.54. The minimum Gasteiger partial charge on any atom is -0.415 e. The van der Waals surface area contributed by atoms with E-state index >= 15 is 0 Å². The number of para-hydroxylation sites is 1. The second-order valence-corrected chi connectivity index (χ2v) is 9.73. The summed E-state index contributed by atoms with van der Waals surface area (Å²) >= 11 is 0. The molecule has 172 valence electrons. The zero-order chi connectivity index (χ0) is 23.1. The summed E-state index contributed by atoms with van der Waals surface area (Å²) in [4.78, 5) is 16.6. The molecule has 0 saturated carbocycles. The Labute approximate surface area is 189 Å². The molecule has 5 rings (SSSR count). The first-order valence-corrected chi connectivity index (χ1v) is 11.7. The molecule has 0 aliphatic carbocycles. The van der Waals surface area contributed by atoms with Gasteiger partial charge in [0.25, 0.3) is 5.89 Å². The number of nitrogens with zero attached hydrogens (tertiary/aromatic N) is 4. The van der Waals surface area contributed by atoms with Gasteiger partial charge in [-0.05, 0) is 30.7 Å². The van der Waals surface area contributed by atoms with Gasteiger partial charge in [0.1, 0.15) is 5.82 Å². The van der Waals surface area contributed by atoms with Crippen LogP contribution in [0.25, 0.3) is 11.5 Å². The van der Waals surface area contributed by atoms with Crippen molar-refractivity contribution in [3.63, 3.8) is 0 Å². The lowest BCUT2D eigenvalue weighted by molar-refractivity contribution is 0.116. The number of hydrogen-bond acceptors (Lipinski definition) is 5. The highest BCUT2D eigenvalue weighted by atomic mass is 32.2. The topological polar surface area (TPSA) is 79.5 Å². The largest absolute Gasteiger partial charge is 0.415 e. The fourth-order valence-corrected chi connectivity index (χ4v) is 5.96. The molecule has 2 fully saturated rings. The van der Waals surface area contributed by atoms with Crippen LogP contribution in [0.3, 0.4) is 0 Å². The summed E-state index contributed by atoms with van der Waals surface area (Å²) < 4.78 is 57.3. The predicted molar refractivity (Wildman–Crippen MR) is 115 cm³/mol. The molecule has 7 nitrogen and oxygen atoms in total. The molecule has 11 heteroatoms. The van der Waals surface area contributed by atoms with E-state index in [1.54, 1.807) is 29.2 Å². The van der Waals surface area contributed by atoms with Crippen LogP contribution >= 0.6 is 0 Å². The van der Waals surface area contributed by atoms with E-state index in [1.165, 1.54) is 17.0 Å². The number of carbonyl (C=O) groups is 1. The average molecular weight is 476 g/mol. The van der Waals surface area contributed by atoms with E-state index in [4.69, 9.17) is 4.42 Å². The normalized spacial score (nSPS) is 21.7. The van der Waals surface area contributed by atoms with Gasteiger partial charge in [-0.15, -0.1) is 10.2 Å². The lowest BCUT2D eigenvalue weighted by Gasteiger charge is -2.33. The molecule has 3 unspecified atom stereocenters. The van der Waals surface area contributed by atoms with Crippen LogP contribution in [0.15, 0.2) is 52.9 Å². The van der Waals surface area contributed by atoms with Gasteiger partial charge in [-0.2, -0.15) is 8.78 Å². The van der Waals surface area contributed by atoms with Gasteiger partial charge in [-0.3, -0.25) is 9.11 Å². The number of benzene rings is 2. The number of likely N-dealkylation sites (tertiary alicyclic amines) is 1. The van der Waals surface area contributed by atoms with Gasteiger partial charge in [0.15, 0.2) is 0 Å². The summed E-state index contributed by atoms with van der Waals surface area (Å²) in [5.41, 5.74) is 0.999. The summed E-state index contributed by atoms with van der Waals surface area (Å²) in [5, 5.41) is 6.78. The third kappa shape index (κ3) is 4.12. The summed E-state index contributed by atoms with van der Waals surface area (Å²) in [6.45, 7) is 0.378. The highest BCUT2D eigenvalue weighted by Crippen LogP contribution is 2.33. The maximum atomic E-state index is 15.0. The molecule has 3 aromatic rings. The fourth-order valence-electron chi connectivity index (χ4n) is 4.23. The summed E-state index contributed by atoms with van der Waals surface area (Å²) in [6, 6.07) is 12.6. The van der Waals surface area contributed by atoms with E-state index in [2.05, 4.69) is 10.2 Å². The molecular formula is C22H19F3N4O3S. The van der Waals surface area contributed by atoms with E-state index < -0.39 is 28.9 Å². The highest BCUT2D eigenvalue weighted by Gasteiger charge is 2.46. The van der Waals surface area contributed by atoms with Gasteiger partial charge in [0.05, 0.1) is 11.8 Å². The molecule has 2 bridgehead atoms. The fraction of sp³-hybridized carbons (Fsp3) is 0.318. The van der Waals surface area contributed by atoms with Crippen LogP contribution in [0.1, 0.15) is 24.3 Å². The van der Waals surface area contributed by atoms with E-state index in [0.29, 0.717) is 18.0 Å². The monoisotopic (exact) mass is 476 g/mol. The number of aromatic nitrogens is 2. The molecule has 2 amide bonds. The van der Waals surface area contributed by atoms with Gasteiger partial charge >= 0.3 is 12.5 Å². The molecule has 0 radical (unpaired) electrons. The first kappa shape index (κ1) is 21.6. The van der Waals surface area contributed by atoms with Crippen LogP contribution in [-0.4, -0.2) is 48.9 Å². The number of alkyl halides is 2. The number of urea groups is 1. The second kappa shape index (κ2) is 8.62. The SMILES string of the molecule is O=C(N(Cc1ccc(-c2nnc(C(F)F)o2)cc1F)c1ccccc1)N1CC2CC1CS2=O. The Bertz CT molecular complexity index is 1210. The third-order valence-corrected chi connectivity index (χ3v) is 7.70. The number of carbonyl (C=O) groups excluding carboxylic acids is 1. The van der Waals surface area contributed by atoms with Crippen LogP contribution in [0.5, 0.6) is 0 Å². The van der Waals surface area contributed by atoms with E-state index in [1.807, 2.05) is 6.07 Å². The Morgan fingerprint density at radius 2 is 2.00 bits per heavy atom. The van der Waals surface area contributed by atoms with Crippen molar-refractivity contribution in [1.82, 2.24) is 15.1 Å². The Balaban J connectivity index is 1.41. The van der Waals surface area contributed by atoms with Crippen molar-refractivity contribution in [2.75, 3.05) is 17.2 Å². The highest BCUT2D eigenvalue weighted by molar-refractivity contribution is 7.86. The first-order valence-electron chi connectivity index (χ1n) is 10.3. The van der Waals surface area contributed by atoms with Crippen LogP contribution in [0, 0.1) is 5.82 Å². The Kier molecular flexibility index (Phi) is 5.65. The summed E-state index contributed by atoms with van der Waals surface area (Å²) in [6.07, 6.45) is -2.20. The maximum absolute atomic E-state index is 15.0.